The van der Waals surface area contributed by atoms with Crippen LogP contribution in [0.3, 0.4) is 0 Å². The first kappa shape index (κ1) is 28.8. The summed E-state index contributed by atoms with van der Waals surface area (Å²) in [6.45, 7) is 2.83. The van der Waals surface area contributed by atoms with Gasteiger partial charge in [0.2, 0.25) is 17.6 Å². The summed E-state index contributed by atoms with van der Waals surface area (Å²) in [5.74, 6) is -2.49. The Morgan fingerprint density at radius 1 is 1.36 bits per heavy atom. The van der Waals surface area contributed by atoms with Crippen LogP contribution in [-0.4, -0.2) is 66.0 Å². The molecule has 0 aliphatic carbocycles. The lowest BCUT2D eigenvalue weighted by atomic mass is 10.1. The minimum Gasteiger partial charge on any atom is -0.497 e. The van der Waals surface area contributed by atoms with Crippen LogP contribution < -0.4 is 15.4 Å². The largest absolute Gasteiger partial charge is 0.497 e. The number of halogens is 4. The predicted molar refractivity (Wildman–Crippen MR) is 125 cm³/mol. The van der Waals surface area contributed by atoms with Crippen LogP contribution in [0.4, 0.5) is 17.6 Å². The molecule has 3 N–H and O–H groups in total. The number of thioether (sulfide) groups is 1. The molecule has 0 spiro atoms. The summed E-state index contributed by atoms with van der Waals surface area (Å²) in [5, 5.41) is 16.4. The molecule has 2 unspecified atom stereocenters. The fourth-order valence-electron chi connectivity index (χ4n) is 2.96. The third kappa shape index (κ3) is 8.68. The molecule has 14 heteroatoms. The number of nitrogens with one attached hydrogen (secondary N) is 2. The Bertz CT molecular complexity index is 1110. The maximum atomic E-state index is 13.7. The first-order valence-corrected chi connectivity index (χ1v) is 11.2. The molecule has 9 nitrogen and oxygen atoms in total. The summed E-state index contributed by atoms with van der Waals surface area (Å²) >= 11 is 0.903. The first-order valence-electron chi connectivity index (χ1n) is 10.3. The third-order valence-electron chi connectivity index (χ3n) is 4.64. The number of aliphatic imine (C=N–C) groups is 1. The number of amides is 2. The number of alkyl halides is 3. The van der Waals surface area contributed by atoms with Gasteiger partial charge in [0, 0.05) is 25.1 Å². The highest BCUT2D eigenvalue weighted by Crippen LogP contribution is 2.26. The second-order valence-electron chi connectivity index (χ2n) is 7.21. The summed E-state index contributed by atoms with van der Waals surface area (Å²) in [4.78, 5) is 32.4. The van der Waals surface area contributed by atoms with E-state index in [1.54, 1.807) is 0 Å². The van der Waals surface area contributed by atoms with Crippen molar-refractivity contribution in [2.75, 3.05) is 20.7 Å². The standard InChI is InChI=1S/C22H24F4N4O5S/c1-4-36-21(27-2)18(32)15(5-6-22(24,25)26)30-17(31)11-28-19(33)16-10-29-20(35-16)12-7-13(23)9-14(8-12)34-3/h4,7-10,15,18,32H,1,5-6,11H2,2-3H3,(H,28,33)(H,30,31). The summed E-state index contributed by atoms with van der Waals surface area (Å²) in [5.41, 5.74) is 0.205. The fraction of sp³-hybridized carbons (Fsp3) is 0.364. The topological polar surface area (TPSA) is 126 Å². The number of carbonyl (C=O) groups excluding carboxylic acids is 2. The molecular weight excluding hydrogens is 508 g/mol. The van der Waals surface area contributed by atoms with Crippen molar-refractivity contribution in [3.8, 4) is 17.2 Å². The number of oxazole rings is 1. The molecule has 2 atom stereocenters. The number of carbonyl (C=O) groups is 2. The van der Waals surface area contributed by atoms with Crippen molar-refractivity contribution in [3.05, 3.63) is 48.0 Å². The van der Waals surface area contributed by atoms with Gasteiger partial charge >= 0.3 is 6.18 Å². The molecule has 0 saturated heterocycles. The average molecular weight is 533 g/mol. The van der Waals surface area contributed by atoms with Gasteiger partial charge in [-0.05, 0) is 24.0 Å². The van der Waals surface area contributed by atoms with E-state index in [9.17, 15) is 32.3 Å². The molecule has 1 aromatic carbocycles. The Hall–Kier alpha value is -3.39. The van der Waals surface area contributed by atoms with Crippen molar-refractivity contribution in [3.63, 3.8) is 0 Å². The molecule has 2 aromatic rings. The van der Waals surface area contributed by atoms with E-state index < -0.39 is 55.3 Å². The van der Waals surface area contributed by atoms with Crippen LogP contribution >= 0.6 is 11.8 Å². The predicted octanol–water partition coefficient (Wildman–Crippen LogP) is 3.31. The van der Waals surface area contributed by atoms with Gasteiger partial charge in [0.1, 0.15) is 22.7 Å². The molecule has 0 bridgehead atoms. The lowest BCUT2D eigenvalue weighted by Gasteiger charge is -2.25. The van der Waals surface area contributed by atoms with Gasteiger partial charge in [-0.2, -0.15) is 13.2 Å². The first-order chi connectivity index (χ1) is 17.0. The second kappa shape index (κ2) is 13.1. The van der Waals surface area contributed by atoms with Crippen LogP contribution in [0.15, 0.2) is 45.8 Å². The van der Waals surface area contributed by atoms with Crippen molar-refractivity contribution >= 4 is 28.6 Å². The van der Waals surface area contributed by atoms with Gasteiger partial charge in [-0.15, -0.1) is 0 Å². The molecule has 1 heterocycles. The second-order valence-corrected chi connectivity index (χ2v) is 8.20. The van der Waals surface area contributed by atoms with Crippen LogP contribution in [0.2, 0.25) is 0 Å². The molecule has 36 heavy (non-hydrogen) atoms. The minimum atomic E-state index is -4.51. The van der Waals surface area contributed by atoms with Gasteiger partial charge in [-0.1, -0.05) is 18.3 Å². The number of rotatable bonds is 11. The number of benzene rings is 1. The lowest BCUT2D eigenvalue weighted by molar-refractivity contribution is -0.139. The Morgan fingerprint density at radius 3 is 2.69 bits per heavy atom. The van der Waals surface area contributed by atoms with E-state index in [1.807, 2.05) is 0 Å². The van der Waals surface area contributed by atoms with Crippen LogP contribution in [0.25, 0.3) is 11.5 Å². The quantitative estimate of drug-likeness (QED) is 0.230. The van der Waals surface area contributed by atoms with Crippen molar-refractivity contribution in [2.45, 2.75) is 31.2 Å². The van der Waals surface area contributed by atoms with E-state index in [0.29, 0.717) is 0 Å². The van der Waals surface area contributed by atoms with Crippen molar-refractivity contribution < 1.29 is 41.4 Å². The Kier molecular flexibility index (Phi) is 10.5. The van der Waals surface area contributed by atoms with Gasteiger partial charge in [-0.25, -0.2) is 9.37 Å². The molecule has 0 saturated carbocycles. The fourth-order valence-corrected chi connectivity index (χ4v) is 3.54. The van der Waals surface area contributed by atoms with Crippen LogP contribution in [-0.2, 0) is 4.79 Å². The molecule has 0 aliphatic rings. The highest BCUT2D eigenvalue weighted by atomic mass is 32.2. The van der Waals surface area contributed by atoms with E-state index >= 15 is 0 Å². The molecular formula is C22H24F4N4O5S. The van der Waals surface area contributed by atoms with E-state index in [0.717, 1.165) is 30.1 Å². The number of hydrogen-bond acceptors (Lipinski definition) is 8. The van der Waals surface area contributed by atoms with E-state index in [1.165, 1.54) is 25.6 Å². The third-order valence-corrected chi connectivity index (χ3v) is 5.47. The SMILES string of the molecule is C=CSC(=NC)C(O)C(CCC(F)(F)F)NC(=O)CNC(=O)c1cnc(-c2cc(F)cc(OC)c2)o1. The van der Waals surface area contributed by atoms with Gasteiger partial charge in [-0.3, -0.25) is 14.6 Å². The molecule has 0 aliphatic heterocycles. The molecule has 0 fully saturated rings. The lowest BCUT2D eigenvalue weighted by Crippen LogP contribution is -2.49. The summed E-state index contributed by atoms with van der Waals surface area (Å²) in [7, 11) is 2.68. The number of aliphatic hydroxyl groups excluding tert-OH is 1. The van der Waals surface area contributed by atoms with Crippen LogP contribution in [0.5, 0.6) is 5.75 Å². The van der Waals surface area contributed by atoms with Gasteiger partial charge < -0.3 is 24.9 Å². The number of nitrogens with zero attached hydrogens (tertiary/aromatic N) is 2. The van der Waals surface area contributed by atoms with Gasteiger partial charge in [0.05, 0.1) is 25.9 Å². The normalized spacial score (nSPS) is 13.6. The van der Waals surface area contributed by atoms with Gasteiger partial charge in [0.15, 0.2) is 0 Å². The number of hydrogen-bond donors (Lipinski definition) is 3. The Morgan fingerprint density at radius 2 is 2.08 bits per heavy atom. The van der Waals surface area contributed by atoms with Crippen molar-refractivity contribution in [2.24, 2.45) is 4.99 Å². The zero-order chi connectivity index (χ0) is 26.9. The smallest absolute Gasteiger partial charge is 0.389 e. The maximum absolute atomic E-state index is 13.7. The molecule has 2 rings (SSSR count). The van der Waals surface area contributed by atoms with E-state index in [2.05, 4.69) is 27.2 Å². The molecule has 196 valence electrons. The van der Waals surface area contributed by atoms with Gasteiger partial charge in [0.25, 0.3) is 5.91 Å². The monoisotopic (exact) mass is 532 g/mol. The maximum Gasteiger partial charge on any atom is 0.389 e. The number of methoxy groups -OCH3 is 1. The van der Waals surface area contributed by atoms with E-state index in [4.69, 9.17) is 9.15 Å². The zero-order valence-corrected chi connectivity index (χ0v) is 20.1. The van der Waals surface area contributed by atoms with E-state index in [-0.39, 0.29) is 28.0 Å². The number of aromatic nitrogens is 1. The Labute approximate surface area is 208 Å². The minimum absolute atomic E-state index is 0.0599. The molecule has 0 radical (unpaired) electrons. The molecule has 1 aromatic heterocycles. The number of aliphatic hydroxyl groups is 1. The highest BCUT2D eigenvalue weighted by molar-refractivity contribution is 8.16. The Balaban J connectivity index is 2.03. The summed E-state index contributed by atoms with van der Waals surface area (Å²) in [6, 6.07) is 2.37. The van der Waals surface area contributed by atoms with Crippen molar-refractivity contribution in [1.82, 2.24) is 15.6 Å². The van der Waals surface area contributed by atoms with Crippen LogP contribution in [0.1, 0.15) is 23.4 Å². The van der Waals surface area contributed by atoms with Crippen LogP contribution in [0, 0.1) is 5.82 Å². The summed E-state index contributed by atoms with van der Waals surface area (Å²) in [6.07, 6.45) is -6.86. The highest BCUT2D eigenvalue weighted by Gasteiger charge is 2.33. The summed E-state index contributed by atoms with van der Waals surface area (Å²) < 4.78 is 62.2. The molecule has 2 amide bonds. The average Bonchev–Trinajstić information content (AvgIpc) is 3.32. The van der Waals surface area contributed by atoms with Crippen molar-refractivity contribution in [1.29, 1.82) is 0 Å². The number of ether oxygens (including phenoxy) is 1. The zero-order valence-electron chi connectivity index (χ0n) is 19.3.